The molecular formula is C35H40N6O6S. The summed E-state index contributed by atoms with van der Waals surface area (Å²) in [5.74, 6) is -2.03. The molecule has 0 spiro atoms. The number of benzene rings is 2. The first-order chi connectivity index (χ1) is 23.2. The van der Waals surface area contributed by atoms with E-state index in [1.807, 2.05) is 48.7 Å². The van der Waals surface area contributed by atoms with Crippen molar-refractivity contribution < 1.29 is 28.7 Å². The molecule has 4 aromatic rings. The van der Waals surface area contributed by atoms with Gasteiger partial charge in [0, 0.05) is 44.5 Å². The van der Waals surface area contributed by atoms with Crippen LogP contribution in [0.2, 0.25) is 0 Å². The summed E-state index contributed by atoms with van der Waals surface area (Å²) in [6.45, 7) is 7.19. The average molecular weight is 673 g/mol. The fourth-order valence-corrected chi connectivity index (χ4v) is 7.35. The molecule has 2 aromatic carbocycles. The number of imidazole rings is 1. The van der Waals surface area contributed by atoms with Crippen LogP contribution in [0.15, 0.2) is 53.9 Å². The third-order valence-corrected chi connectivity index (χ3v) is 9.70. The topological polar surface area (TPSA) is 136 Å². The van der Waals surface area contributed by atoms with Gasteiger partial charge in [0.2, 0.25) is 12.2 Å². The highest BCUT2D eigenvalue weighted by Crippen LogP contribution is 2.35. The van der Waals surface area contributed by atoms with Gasteiger partial charge < -0.3 is 29.2 Å². The van der Waals surface area contributed by atoms with Crippen molar-refractivity contribution in [2.75, 3.05) is 24.5 Å². The number of carbonyl (C=O) groups excluding carboxylic acids is 4. The summed E-state index contributed by atoms with van der Waals surface area (Å²) in [6, 6.07) is 15.8. The van der Waals surface area contributed by atoms with Crippen LogP contribution in [-0.2, 0) is 41.7 Å². The van der Waals surface area contributed by atoms with Crippen molar-refractivity contribution in [3.05, 3.63) is 76.0 Å². The third-order valence-electron chi connectivity index (χ3n) is 8.80. The van der Waals surface area contributed by atoms with Crippen molar-refractivity contribution in [2.24, 2.45) is 0 Å². The van der Waals surface area contributed by atoms with Gasteiger partial charge in [-0.2, -0.15) is 0 Å². The summed E-state index contributed by atoms with van der Waals surface area (Å²) in [5, 5.41) is 5.28. The van der Waals surface area contributed by atoms with E-state index in [0.717, 1.165) is 80.0 Å². The number of nitrogens with zero attached hydrogens (tertiary/aromatic N) is 5. The number of esters is 2. The number of carbonyl (C=O) groups is 4. The molecule has 1 unspecified atom stereocenters. The number of hydrogen-bond donors (Lipinski definition) is 1. The lowest BCUT2D eigenvalue weighted by atomic mass is 10.0. The number of amides is 2. The maximum Gasteiger partial charge on any atom is 0.303 e. The number of thiazole rings is 1. The summed E-state index contributed by atoms with van der Waals surface area (Å²) in [7, 11) is 0. The van der Waals surface area contributed by atoms with Crippen LogP contribution in [0.3, 0.4) is 0 Å². The fourth-order valence-electron chi connectivity index (χ4n) is 6.62. The van der Waals surface area contributed by atoms with Gasteiger partial charge in [0.25, 0.3) is 11.8 Å². The largest absolute Gasteiger partial charge is 0.448 e. The lowest BCUT2D eigenvalue weighted by molar-refractivity contribution is -0.178. The Labute approximate surface area is 283 Å². The highest BCUT2D eigenvalue weighted by atomic mass is 32.1. The maximum atomic E-state index is 14.1. The van der Waals surface area contributed by atoms with E-state index in [-0.39, 0.29) is 12.6 Å². The number of aromatic nitrogens is 3. The van der Waals surface area contributed by atoms with E-state index in [2.05, 4.69) is 36.9 Å². The average Bonchev–Trinajstić information content (AvgIpc) is 3.89. The number of para-hydroxylation sites is 2. The second-order valence-electron chi connectivity index (χ2n) is 12.2. The second-order valence-corrected chi connectivity index (χ2v) is 13.2. The Morgan fingerprint density at radius 3 is 2.46 bits per heavy atom. The van der Waals surface area contributed by atoms with Gasteiger partial charge in [0.05, 0.1) is 35.9 Å². The molecule has 0 aliphatic carbocycles. The molecular weight excluding hydrogens is 632 g/mol. The molecule has 2 amide bonds. The third kappa shape index (κ3) is 7.35. The van der Waals surface area contributed by atoms with Gasteiger partial charge in [0.15, 0.2) is 0 Å². The lowest BCUT2D eigenvalue weighted by Gasteiger charge is -2.32. The number of nitrogens with one attached hydrogen (secondary N) is 1. The molecule has 1 N–H and O–H groups in total. The Kier molecular flexibility index (Phi) is 10.0. The van der Waals surface area contributed by atoms with Crippen molar-refractivity contribution in [3.63, 3.8) is 0 Å². The van der Waals surface area contributed by atoms with E-state index in [9.17, 15) is 19.2 Å². The van der Waals surface area contributed by atoms with Crippen LogP contribution in [0.1, 0.15) is 67.7 Å². The first-order valence-electron chi connectivity index (χ1n) is 16.3. The molecule has 2 aromatic heterocycles. The monoisotopic (exact) mass is 672 g/mol. The molecule has 2 saturated heterocycles. The zero-order valence-electron chi connectivity index (χ0n) is 27.4. The Bertz CT molecular complexity index is 1810. The Balaban J connectivity index is 1.17. The standard InChI is InChI=1S/C35H40N6O6S/c1-22-37-28-12-4-5-13-30(28)41(22)20-26-21-48-31(38-26)19-36-34(44)32(46-23(2)42)33(47-24(3)43)35(45)40-17-9-14-29(40)25-10-8-11-27(18-25)39-15-6-7-16-39/h4-5,8,10-13,18,21,29,32-33H,6-7,9,14-17,19-20H2,1-3H3,(H,36,44)/t29?,32-,33-/m1/s1. The summed E-state index contributed by atoms with van der Waals surface area (Å²) in [6.07, 6.45) is 0.409. The predicted octanol–water partition coefficient (Wildman–Crippen LogP) is 4.29. The van der Waals surface area contributed by atoms with Crippen LogP contribution >= 0.6 is 11.3 Å². The van der Waals surface area contributed by atoms with Crippen LogP contribution in [0.4, 0.5) is 5.69 Å². The van der Waals surface area contributed by atoms with Gasteiger partial charge >= 0.3 is 11.9 Å². The molecule has 13 heteroatoms. The highest BCUT2D eigenvalue weighted by molar-refractivity contribution is 7.09. The molecule has 2 aliphatic heterocycles. The minimum atomic E-state index is -1.68. The van der Waals surface area contributed by atoms with Gasteiger partial charge in [-0.1, -0.05) is 24.3 Å². The minimum absolute atomic E-state index is 0.0293. The normalized spacial score (nSPS) is 17.4. The van der Waals surface area contributed by atoms with Crippen LogP contribution in [0.5, 0.6) is 0 Å². The SMILES string of the molecule is CC(=O)O[C@@H](C(=O)NCc1nc(Cn2c(C)nc3ccccc32)cs1)[C@@H](OC(C)=O)C(=O)N1CCCC1c1cccc(N2CCCC2)c1. The number of anilines is 1. The fraction of sp³-hybridized carbons (Fsp3) is 0.429. The number of hydrogen-bond acceptors (Lipinski definition) is 10. The molecule has 0 bridgehead atoms. The first kappa shape index (κ1) is 33.1. The van der Waals surface area contributed by atoms with Crippen molar-refractivity contribution in [1.82, 2.24) is 24.8 Å². The minimum Gasteiger partial charge on any atom is -0.448 e. The highest BCUT2D eigenvalue weighted by Gasteiger charge is 2.44. The van der Waals surface area contributed by atoms with E-state index in [4.69, 9.17) is 9.47 Å². The van der Waals surface area contributed by atoms with Gasteiger partial charge in [-0.15, -0.1) is 11.3 Å². The summed E-state index contributed by atoms with van der Waals surface area (Å²) in [5.41, 5.74) is 4.79. The zero-order valence-corrected chi connectivity index (χ0v) is 28.2. The van der Waals surface area contributed by atoms with Crippen LogP contribution in [-0.4, -0.2) is 75.0 Å². The molecule has 2 aliphatic rings. The number of rotatable bonds is 11. The number of likely N-dealkylation sites (tertiary alicyclic amines) is 1. The summed E-state index contributed by atoms with van der Waals surface area (Å²) in [4.78, 5) is 65.5. The second kappa shape index (κ2) is 14.5. The number of aryl methyl sites for hydroxylation is 1. The Morgan fingerprint density at radius 2 is 1.69 bits per heavy atom. The van der Waals surface area contributed by atoms with E-state index < -0.39 is 36.0 Å². The van der Waals surface area contributed by atoms with Crippen LogP contribution < -0.4 is 10.2 Å². The van der Waals surface area contributed by atoms with Crippen LogP contribution in [0, 0.1) is 6.92 Å². The molecule has 48 heavy (non-hydrogen) atoms. The van der Waals surface area contributed by atoms with Gasteiger partial charge in [-0.3, -0.25) is 19.2 Å². The van der Waals surface area contributed by atoms with Crippen LogP contribution in [0.25, 0.3) is 11.0 Å². The Morgan fingerprint density at radius 1 is 0.938 bits per heavy atom. The van der Waals surface area contributed by atoms with E-state index >= 15 is 0 Å². The Hall–Kier alpha value is -4.78. The van der Waals surface area contributed by atoms with E-state index in [1.165, 1.54) is 11.3 Å². The summed E-state index contributed by atoms with van der Waals surface area (Å²) >= 11 is 1.37. The molecule has 6 rings (SSSR count). The maximum absolute atomic E-state index is 14.1. The lowest BCUT2D eigenvalue weighted by Crippen LogP contribution is -2.53. The molecule has 0 saturated carbocycles. The van der Waals surface area contributed by atoms with Gasteiger partial charge in [-0.25, -0.2) is 9.97 Å². The van der Waals surface area contributed by atoms with Crippen molar-refractivity contribution in [3.8, 4) is 0 Å². The van der Waals surface area contributed by atoms with Crippen molar-refractivity contribution in [1.29, 1.82) is 0 Å². The predicted molar refractivity (Wildman–Crippen MR) is 180 cm³/mol. The smallest absolute Gasteiger partial charge is 0.303 e. The number of fused-ring (bicyclic) bond motifs is 1. The number of ether oxygens (including phenoxy) is 2. The van der Waals surface area contributed by atoms with Gasteiger partial charge in [0.1, 0.15) is 10.8 Å². The first-order valence-corrected chi connectivity index (χ1v) is 17.2. The van der Waals surface area contributed by atoms with Crippen molar-refractivity contribution >= 4 is 51.8 Å². The summed E-state index contributed by atoms with van der Waals surface area (Å²) < 4.78 is 12.9. The van der Waals surface area contributed by atoms with Gasteiger partial charge in [-0.05, 0) is 62.4 Å². The van der Waals surface area contributed by atoms with Crippen molar-refractivity contribution in [2.45, 2.75) is 77.8 Å². The van der Waals surface area contributed by atoms with E-state index in [0.29, 0.717) is 24.5 Å². The molecule has 3 atom stereocenters. The molecule has 2 fully saturated rings. The molecule has 252 valence electrons. The molecule has 4 heterocycles. The zero-order chi connectivity index (χ0) is 33.8. The quantitative estimate of drug-likeness (QED) is 0.232. The molecule has 0 radical (unpaired) electrons. The molecule has 12 nitrogen and oxygen atoms in total. The van der Waals surface area contributed by atoms with E-state index in [1.54, 1.807) is 4.90 Å².